The zero-order chi connectivity index (χ0) is 14.2. The van der Waals surface area contributed by atoms with Crippen molar-refractivity contribution in [2.24, 2.45) is 5.84 Å². The highest BCUT2D eigenvalue weighted by atomic mass is 32.1. The summed E-state index contributed by atoms with van der Waals surface area (Å²) in [5.74, 6) is 5.86. The van der Waals surface area contributed by atoms with Gasteiger partial charge in [0.1, 0.15) is 0 Å². The summed E-state index contributed by atoms with van der Waals surface area (Å²) in [5, 5.41) is 1.18. The molecule has 4 heterocycles. The van der Waals surface area contributed by atoms with Gasteiger partial charge in [-0.2, -0.15) is 0 Å². The van der Waals surface area contributed by atoms with E-state index in [2.05, 4.69) is 33.4 Å². The van der Waals surface area contributed by atoms with Crippen molar-refractivity contribution < 1.29 is 0 Å². The molecule has 21 heavy (non-hydrogen) atoms. The third-order valence-electron chi connectivity index (χ3n) is 4.73. The fourth-order valence-electron chi connectivity index (χ4n) is 3.54. The van der Waals surface area contributed by atoms with E-state index in [-0.39, 0.29) is 6.04 Å². The summed E-state index contributed by atoms with van der Waals surface area (Å²) in [6.07, 6.45) is 0.908. The number of aromatic nitrogens is 1. The van der Waals surface area contributed by atoms with E-state index >= 15 is 0 Å². The average Bonchev–Trinajstić information content (AvgIpc) is 2.96. The maximum Gasteiger partial charge on any atom is 0.0955 e. The molecule has 2 atom stereocenters. The molecule has 0 aliphatic carbocycles. The Bertz CT molecular complexity index is 586. The van der Waals surface area contributed by atoms with Crippen molar-refractivity contribution in [1.29, 1.82) is 0 Å². The summed E-state index contributed by atoms with van der Waals surface area (Å²) in [4.78, 5) is 9.88. The lowest BCUT2D eigenvalue weighted by Gasteiger charge is -2.49. The van der Waals surface area contributed by atoms with E-state index in [0.29, 0.717) is 6.04 Å². The summed E-state index contributed by atoms with van der Waals surface area (Å²) >= 11 is 1.79. The molecule has 0 amide bonds. The molecular weight excluding hydrogens is 282 g/mol. The van der Waals surface area contributed by atoms with E-state index in [4.69, 9.17) is 10.8 Å². The summed E-state index contributed by atoms with van der Waals surface area (Å²) < 4.78 is 1.26. The first-order valence-corrected chi connectivity index (χ1v) is 8.42. The van der Waals surface area contributed by atoms with Crippen molar-refractivity contribution >= 4 is 21.6 Å². The van der Waals surface area contributed by atoms with Crippen LogP contribution in [0.25, 0.3) is 10.2 Å². The van der Waals surface area contributed by atoms with Gasteiger partial charge in [-0.1, -0.05) is 12.1 Å². The molecule has 1 aromatic heterocycles. The molecule has 3 aliphatic rings. The summed E-state index contributed by atoms with van der Waals surface area (Å²) in [7, 11) is 0. The maximum absolute atomic E-state index is 5.86. The average molecular weight is 303 g/mol. The monoisotopic (exact) mass is 303 g/mol. The second kappa shape index (κ2) is 5.62. The zero-order valence-corrected chi connectivity index (χ0v) is 12.9. The Kier molecular flexibility index (Phi) is 3.64. The standard InChI is InChI=1S/C15H21N5S/c16-18-12(13-10-19-5-7-20(13)8-6-19)9-15-17-11-3-1-2-4-14(11)21-15/h1-4,12-13,18H,5-10,16H2. The van der Waals surface area contributed by atoms with E-state index < -0.39 is 0 Å². The van der Waals surface area contributed by atoms with Gasteiger partial charge in [-0.25, -0.2) is 4.98 Å². The molecule has 6 heteroatoms. The number of nitrogens with two attached hydrogens (primary N) is 1. The van der Waals surface area contributed by atoms with Crippen LogP contribution in [-0.4, -0.2) is 59.6 Å². The van der Waals surface area contributed by atoms with Crippen molar-refractivity contribution in [3.05, 3.63) is 29.3 Å². The van der Waals surface area contributed by atoms with Gasteiger partial charge >= 0.3 is 0 Å². The molecule has 2 aromatic rings. The van der Waals surface area contributed by atoms with Gasteiger partial charge < -0.3 is 0 Å². The maximum atomic E-state index is 5.86. The van der Waals surface area contributed by atoms with Crippen LogP contribution in [0, 0.1) is 0 Å². The Hall–Kier alpha value is -1.05. The highest BCUT2D eigenvalue weighted by Gasteiger charge is 2.36. The topological polar surface area (TPSA) is 57.4 Å². The van der Waals surface area contributed by atoms with Crippen molar-refractivity contribution in [1.82, 2.24) is 20.2 Å². The highest BCUT2D eigenvalue weighted by Crippen LogP contribution is 2.25. The van der Waals surface area contributed by atoms with Crippen molar-refractivity contribution in [3.8, 4) is 0 Å². The fourth-order valence-corrected chi connectivity index (χ4v) is 4.57. The molecule has 2 unspecified atom stereocenters. The van der Waals surface area contributed by atoms with Gasteiger partial charge in [-0.05, 0) is 12.1 Å². The van der Waals surface area contributed by atoms with Gasteiger partial charge in [0.05, 0.1) is 15.2 Å². The quantitative estimate of drug-likeness (QED) is 0.642. The van der Waals surface area contributed by atoms with Crippen LogP contribution < -0.4 is 11.3 Å². The third-order valence-corrected chi connectivity index (χ3v) is 5.79. The van der Waals surface area contributed by atoms with E-state index in [0.717, 1.165) is 18.5 Å². The number of para-hydroxylation sites is 1. The zero-order valence-electron chi connectivity index (χ0n) is 12.0. The lowest BCUT2D eigenvalue weighted by molar-refractivity contribution is -0.00314. The molecule has 3 fully saturated rings. The van der Waals surface area contributed by atoms with Gasteiger partial charge in [0, 0.05) is 51.2 Å². The van der Waals surface area contributed by atoms with Crippen LogP contribution in [0.4, 0.5) is 0 Å². The molecule has 112 valence electrons. The minimum atomic E-state index is 0.272. The van der Waals surface area contributed by atoms with Crippen LogP contribution in [0.15, 0.2) is 24.3 Å². The number of piperazine rings is 3. The van der Waals surface area contributed by atoms with Gasteiger partial charge in [-0.3, -0.25) is 21.1 Å². The number of fused-ring (bicyclic) bond motifs is 4. The molecule has 0 radical (unpaired) electrons. The van der Waals surface area contributed by atoms with E-state index in [9.17, 15) is 0 Å². The first kappa shape index (κ1) is 13.6. The Morgan fingerprint density at radius 3 is 2.76 bits per heavy atom. The fraction of sp³-hybridized carbons (Fsp3) is 0.533. The minimum Gasteiger partial charge on any atom is -0.299 e. The smallest absolute Gasteiger partial charge is 0.0955 e. The van der Waals surface area contributed by atoms with E-state index in [1.807, 2.05) is 6.07 Å². The molecule has 0 spiro atoms. The number of thiazole rings is 1. The number of hydrogen-bond acceptors (Lipinski definition) is 6. The second-order valence-corrected chi connectivity index (χ2v) is 7.07. The summed E-state index contributed by atoms with van der Waals surface area (Å²) in [5.41, 5.74) is 4.15. The van der Waals surface area contributed by atoms with Crippen LogP contribution in [0.3, 0.4) is 0 Å². The van der Waals surface area contributed by atoms with Crippen LogP contribution in [-0.2, 0) is 6.42 Å². The molecule has 5 rings (SSSR count). The Morgan fingerprint density at radius 1 is 1.29 bits per heavy atom. The van der Waals surface area contributed by atoms with Gasteiger partial charge in [0.2, 0.25) is 0 Å². The first-order valence-electron chi connectivity index (χ1n) is 7.60. The number of nitrogens with zero attached hydrogens (tertiary/aromatic N) is 3. The van der Waals surface area contributed by atoms with Crippen LogP contribution in [0.1, 0.15) is 5.01 Å². The van der Waals surface area contributed by atoms with Crippen LogP contribution >= 0.6 is 11.3 Å². The molecule has 5 nitrogen and oxygen atoms in total. The Balaban J connectivity index is 1.53. The summed E-state index contributed by atoms with van der Waals surface area (Å²) in [6, 6.07) is 9.11. The molecule has 2 bridgehead atoms. The molecule has 3 saturated heterocycles. The summed E-state index contributed by atoms with van der Waals surface area (Å²) in [6.45, 7) is 5.87. The largest absolute Gasteiger partial charge is 0.299 e. The first-order chi connectivity index (χ1) is 10.3. The predicted octanol–water partition coefficient (Wildman–Crippen LogP) is 0.670. The van der Waals surface area contributed by atoms with Gasteiger partial charge in [0.25, 0.3) is 0 Å². The van der Waals surface area contributed by atoms with Crippen LogP contribution in [0.5, 0.6) is 0 Å². The number of benzene rings is 1. The molecule has 3 aliphatic heterocycles. The van der Waals surface area contributed by atoms with Crippen molar-refractivity contribution in [2.75, 3.05) is 32.7 Å². The number of hydrazine groups is 1. The molecule has 1 aromatic carbocycles. The third kappa shape index (κ3) is 2.58. The van der Waals surface area contributed by atoms with Gasteiger partial charge in [-0.15, -0.1) is 11.3 Å². The minimum absolute atomic E-state index is 0.272. The van der Waals surface area contributed by atoms with Crippen molar-refractivity contribution in [3.63, 3.8) is 0 Å². The van der Waals surface area contributed by atoms with Crippen molar-refractivity contribution in [2.45, 2.75) is 18.5 Å². The second-order valence-electron chi connectivity index (χ2n) is 5.96. The number of hydrogen-bond donors (Lipinski definition) is 2. The lowest BCUT2D eigenvalue weighted by atomic mass is 9.98. The number of nitrogens with one attached hydrogen (secondary N) is 1. The van der Waals surface area contributed by atoms with Crippen LogP contribution in [0.2, 0.25) is 0 Å². The molecule has 0 saturated carbocycles. The van der Waals surface area contributed by atoms with E-state index in [1.165, 1.54) is 35.9 Å². The molecule has 3 N–H and O–H groups in total. The van der Waals surface area contributed by atoms with E-state index in [1.54, 1.807) is 11.3 Å². The highest BCUT2D eigenvalue weighted by molar-refractivity contribution is 7.18. The SMILES string of the molecule is NNC(Cc1nc2ccccc2s1)C1CN2CCN1CC2. The molecular formula is C15H21N5S. The Labute approximate surface area is 128 Å². The lowest BCUT2D eigenvalue weighted by Crippen LogP contribution is -2.67. The number of rotatable bonds is 4. The van der Waals surface area contributed by atoms with Gasteiger partial charge in [0.15, 0.2) is 0 Å². The normalized spacial score (nSPS) is 29.9. The predicted molar refractivity (Wildman–Crippen MR) is 86.2 cm³/mol. The Morgan fingerprint density at radius 2 is 2.10 bits per heavy atom.